The fourth-order valence-corrected chi connectivity index (χ4v) is 2.61. The second-order valence-electron chi connectivity index (χ2n) is 5.57. The molecule has 2 heteroatoms. The van der Waals surface area contributed by atoms with Crippen LogP contribution < -0.4 is 5.32 Å². The highest BCUT2D eigenvalue weighted by Gasteiger charge is 2.30. The Morgan fingerprint density at radius 2 is 2.11 bits per heavy atom. The van der Waals surface area contributed by atoms with Crippen molar-refractivity contribution in [2.24, 2.45) is 5.92 Å². The Bertz CT molecular complexity index is 364. The molecule has 1 saturated carbocycles. The quantitative estimate of drug-likeness (QED) is 0.774. The molecule has 1 aromatic rings. The second-order valence-corrected chi connectivity index (χ2v) is 5.57. The number of halogens is 1. The van der Waals surface area contributed by atoms with Gasteiger partial charge in [0, 0.05) is 6.04 Å². The number of rotatable bonds is 7. The molecule has 1 N–H and O–H groups in total. The lowest BCUT2D eigenvalue weighted by Gasteiger charge is -2.18. The van der Waals surface area contributed by atoms with E-state index in [0.29, 0.717) is 6.04 Å². The topological polar surface area (TPSA) is 12.0 Å². The lowest BCUT2D eigenvalue weighted by Crippen LogP contribution is -2.32. The molecular formula is C16H24FN. The van der Waals surface area contributed by atoms with Gasteiger partial charge in [0.25, 0.3) is 0 Å². The fraction of sp³-hybridized carbons (Fsp3) is 0.625. The van der Waals surface area contributed by atoms with E-state index in [4.69, 9.17) is 0 Å². The molecule has 1 aliphatic carbocycles. The van der Waals surface area contributed by atoms with Gasteiger partial charge >= 0.3 is 0 Å². The average Bonchev–Trinajstić information content (AvgIpc) is 3.12. The number of hydrogen-bond acceptors (Lipinski definition) is 1. The van der Waals surface area contributed by atoms with Crippen LogP contribution in [0, 0.1) is 18.7 Å². The molecule has 0 aromatic heterocycles. The van der Waals surface area contributed by atoms with Crippen molar-refractivity contribution in [1.29, 1.82) is 0 Å². The van der Waals surface area contributed by atoms with Gasteiger partial charge in [-0.3, -0.25) is 0 Å². The summed E-state index contributed by atoms with van der Waals surface area (Å²) in [7, 11) is 0. The van der Waals surface area contributed by atoms with Gasteiger partial charge in [0.05, 0.1) is 0 Å². The highest BCUT2D eigenvalue weighted by atomic mass is 19.1. The van der Waals surface area contributed by atoms with Crippen LogP contribution in [0.3, 0.4) is 0 Å². The van der Waals surface area contributed by atoms with Gasteiger partial charge in [0.15, 0.2) is 0 Å². The van der Waals surface area contributed by atoms with Crippen molar-refractivity contribution < 1.29 is 4.39 Å². The van der Waals surface area contributed by atoms with Crippen LogP contribution in [0.25, 0.3) is 0 Å². The summed E-state index contributed by atoms with van der Waals surface area (Å²) in [6.07, 6.45) is 6.03. The summed E-state index contributed by atoms with van der Waals surface area (Å²) < 4.78 is 13.3. The third kappa shape index (κ3) is 4.09. The molecule has 0 bridgehead atoms. The first-order valence-corrected chi connectivity index (χ1v) is 7.18. The zero-order valence-corrected chi connectivity index (χ0v) is 11.5. The van der Waals surface area contributed by atoms with E-state index < -0.39 is 0 Å². The molecular weight excluding hydrogens is 225 g/mol. The number of aryl methyl sites for hydroxylation is 2. The Morgan fingerprint density at radius 3 is 2.72 bits per heavy atom. The van der Waals surface area contributed by atoms with Gasteiger partial charge in [-0.05, 0) is 74.8 Å². The summed E-state index contributed by atoms with van der Waals surface area (Å²) in [4.78, 5) is 0. The Kier molecular flexibility index (Phi) is 4.76. The van der Waals surface area contributed by atoms with Crippen molar-refractivity contribution in [2.45, 2.75) is 52.0 Å². The van der Waals surface area contributed by atoms with E-state index in [1.807, 2.05) is 6.92 Å². The minimum absolute atomic E-state index is 0.102. The molecule has 1 unspecified atom stereocenters. The van der Waals surface area contributed by atoms with E-state index in [2.05, 4.69) is 18.3 Å². The summed E-state index contributed by atoms with van der Waals surface area (Å²) in [5.74, 6) is 0.765. The van der Waals surface area contributed by atoms with Crippen molar-refractivity contribution in [3.05, 3.63) is 35.1 Å². The maximum atomic E-state index is 13.3. The molecule has 0 amide bonds. The van der Waals surface area contributed by atoms with Gasteiger partial charge in [0.2, 0.25) is 0 Å². The molecule has 1 fully saturated rings. The fourth-order valence-electron chi connectivity index (χ4n) is 2.61. The Labute approximate surface area is 110 Å². The van der Waals surface area contributed by atoms with Gasteiger partial charge < -0.3 is 5.32 Å². The number of hydrogen-bond donors (Lipinski definition) is 1. The van der Waals surface area contributed by atoms with Crippen molar-refractivity contribution in [3.63, 3.8) is 0 Å². The van der Waals surface area contributed by atoms with E-state index in [1.165, 1.54) is 19.3 Å². The van der Waals surface area contributed by atoms with E-state index in [9.17, 15) is 4.39 Å². The molecule has 1 nitrogen and oxygen atoms in total. The predicted octanol–water partition coefficient (Wildman–Crippen LogP) is 3.84. The minimum atomic E-state index is -0.102. The van der Waals surface area contributed by atoms with Crippen molar-refractivity contribution in [3.8, 4) is 0 Å². The Morgan fingerprint density at radius 1 is 1.33 bits per heavy atom. The third-order valence-corrected chi connectivity index (χ3v) is 3.69. The zero-order valence-electron chi connectivity index (χ0n) is 11.5. The lowest BCUT2D eigenvalue weighted by atomic mass is 10.0. The van der Waals surface area contributed by atoms with Crippen LogP contribution in [0.1, 0.15) is 43.7 Å². The summed E-state index contributed by atoms with van der Waals surface area (Å²) >= 11 is 0. The van der Waals surface area contributed by atoms with Crippen molar-refractivity contribution >= 4 is 0 Å². The molecule has 1 aromatic carbocycles. The number of benzene rings is 1. The van der Waals surface area contributed by atoms with Crippen LogP contribution in [0.4, 0.5) is 4.39 Å². The van der Waals surface area contributed by atoms with E-state index in [1.54, 1.807) is 12.1 Å². The van der Waals surface area contributed by atoms with E-state index in [-0.39, 0.29) is 5.82 Å². The van der Waals surface area contributed by atoms with Crippen molar-refractivity contribution in [1.82, 2.24) is 5.32 Å². The van der Waals surface area contributed by atoms with Crippen LogP contribution in [0.5, 0.6) is 0 Å². The monoisotopic (exact) mass is 249 g/mol. The zero-order chi connectivity index (χ0) is 13.0. The van der Waals surface area contributed by atoms with E-state index in [0.717, 1.165) is 36.4 Å². The summed E-state index contributed by atoms with van der Waals surface area (Å²) in [6.45, 7) is 5.26. The maximum absolute atomic E-state index is 13.3. The Hall–Kier alpha value is -0.890. The first-order chi connectivity index (χ1) is 8.69. The molecule has 0 aliphatic heterocycles. The third-order valence-electron chi connectivity index (χ3n) is 3.69. The molecule has 18 heavy (non-hydrogen) atoms. The second kappa shape index (κ2) is 6.33. The molecule has 0 radical (unpaired) electrons. The molecule has 1 aliphatic rings. The molecule has 100 valence electrons. The predicted molar refractivity (Wildman–Crippen MR) is 74.3 cm³/mol. The standard InChI is InChI=1S/C16H24FN/c1-3-8-18-16(14-5-6-14)7-4-13-9-12(2)10-15(17)11-13/h9-11,14,16,18H,3-8H2,1-2H3. The smallest absolute Gasteiger partial charge is 0.123 e. The van der Waals surface area contributed by atoms with Gasteiger partial charge in [-0.1, -0.05) is 13.0 Å². The summed E-state index contributed by atoms with van der Waals surface area (Å²) in [6, 6.07) is 6.01. The van der Waals surface area contributed by atoms with Crippen LogP contribution >= 0.6 is 0 Å². The van der Waals surface area contributed by atoms with Crippen molar-refractivity contribution in [2.75, 3.05) is 6.54 Å². The van der Waals surface area contributed by atoms with Gasteiger partial charge in [-0.25, -0.2) is 4.39 Å². The maximum Gasteiger partial charge on any atom is 0.123 e. The molecule has 1 atom stereocenters. The van der Waals surface area contributed by atoms with Crippen LogP contribution in [-0.2, 0) is 6.42 Å². The summed E-state index contributed by atoms with van der Waals surface area (Å²) in [5, 5.41) is 3.64. The molecule has 2 rings (SSSR count). The highest BCUT2D eigenvalue weighted by molar-refractivity contribution is 5.23. The Balaban J connectivity index is 1.87. The van der Waals surface area contributed by atoms with Gasteiger partial charge in [-0.2, -0.15) is 0 Å². The van der Waals surface area contributed by atoms with Crippen LogP contribution in [0.2, 0.25) is 0 Å². The minimum Gasteiger partial charge on any atom is -0.314 e. The largest absolute Gasteiger partial charge is 0.314 e. The van der Waals surface area contributed by atoms with Crippen LogP contribution in [-0.4, -0.2) is 12.6 Å². The van der Waals surface area contributed by atoms with E-state index >= 15 is 0 Å². The molecule has 0 spiro atoms. The lowest BCUT2D eigenvalue weighted by molar-refractivity contribution is 0.435. The summed E-state index contributed by atoms with van der Waals surface area (Å²) in [5.41, 5.74) is 2.16. The highest BCUT2D eigenvalue weighted by Crippen LogP contribution is 2.34. The van der Waals surface area contributed by atoms with Gasteiger partial charge in [-0.15, -0.1) is 0 Å². The van der Waals surface area contributed by atoms with Crippen LogP contribution in [0.15, 0.2) is 18.2 Å². The first-order valence-electron chi connectivity index (χ1n) is 7.18. The first kappa shape index (κ1) is 13.5. The average molecular weight is 249 g/mol. The number of nitrogens with one attached hydrogen (secondary N) is 1. The molecule has 0 heterocycles. The normalized spacial score (nSPS) is 16.8. The molecule has 0 saturated heterocycles. The van der Waals surface area contributed by atoms with Gasteiger partial charge in [0.1, 0.15) is 5.82 Å². The SMILES string of the molecule is CCCNC(CCc1cc(C)cc(F)c1)C1CC1.